The van der Waals surface area contributed by atoms with Crippen LogP contribution in [0.1, 0.15) is 39.5 Å². The molecule has 0 aliphatic carbocycles. The van der Waals surface area contributed by atoms with E-state index in [4.69, 9.17) is 4.99 Å². The van der Waals surface area contributed by atoms with Gasteiger partial charge >= 0.3 is 0 Å². The van der Waals surface area contributed by atoms with Gasteiger partial charge in [0, 0.05) is 18.6 Å². The number of likely N-dealkylation sites (tertiary alicyclic amines) is 1. The maximum atomic E-state index is 11.6. The van der Waals surface area contributed by atoms with E-state index in [1.54, 1.807) is 0 Å². The molecular weight excluding hydrogens is 300 g/mol. The van der Waals surface area contributed by atoms with Gasteiger partial charge < -0.3 is 10.6 Å². The number of sulfone groups is 1. The summed E-state index contributed by atoms with van der Waals surface area (Å²) in [6.07, 6.45) is 4.44. The molecule has 2 unspecified atom stereocenters. The highest BCUT2D eigenvalue weighted by Crippen LogP contribution is 2.17. The number of guanidine groups is 1. The fraction of sp³-hybridized carbons (Fsp3) is 0.933. The van der Waals surface area contributed by atoms with Crippen molar-refractivity contribution in [3.63, 3.8) is 0 Å². The number of aliphatic imine (C=N–C) groups is 1. The second-order valence-electron chi connectivity index (χ2n) is 6.24. The third-order valence-corrected chi connectivity index (χ3v) is 6.30. The molecule has 7 heteroatoms. The van der Waals surface area contributed by atoms with Crippen LogP contribution in [-0.2, 0) is 9.84 Å². The van der Waals surface area contributed by atoms with Crippen molar-refractivity contribution >= 4 is 15.8 Å². The van der Waals surface area contributed by atoms with Crippen LogP contribution in [0.25, 0.3) is 0 Å². The van der Waals surface area contributed by atoms with Crippen molar-refractivity contribution in [3.8, 4) is 0 Å². The van der Waals surface area contributed by atoms with Gasteiger partial charge in [-0.05, 0) is 39.3 Å². The summed E-state index contributed by atoms with van der Waals surface area (Å²) in [6, 6.07) is 0.512. The highest BCUT2D eigenvalue weighted by molar-refractivity contribution is 7.91. The lowest BCUT2D eigenvalue weighted by Crippen LogP contribution is -2.46. The number of nitrogens with one attached hydrogen (secondary N) is 2. The van der Waals surface area contributed by atoms with Crippen molar-refractivity contribution in [3.05, 3.63) is 0 Å². The first kappa shape index (κ1) is 17.5. The zero-order valence-corrected chi connectivity index (χ0v) is 14.7. The molecule has 0 aromatic carbocycles. The van der Waals surface area contributed by atoms with Crippen molar-refractivity contribution < 1.29 is 8.42 Å². The van der Waals surface area contributed by atoms with E-state index in [0.717, 1.165) is 25.6 Å². The first-order valence-electron chi connectivity index (χ1n) is 8.53. The summed E-state index contributed by atoms with van der Waals surface area (Å²) in [5.74, 6) is 1.27. The van der Waals surface area contributed by atoms with E-state index in [-0.39, 0.29) is 17.5 Å². The molecule has 2 heterocycles. The highest BCUT2D eigenvalue weighted by atomic mass is 32.2. The number of likely N-dealkylation sites (N-methyl/N-ethyl adjacent to an activating group) is 1. The van der Waals surface area contributed by atoms with E-state index in [9.17, 15) is 8.42 Å². The van der Waals surface area contributed by atoms with E-state index in [2.05, 4.69) is 22.5 Å². The molecule has 0 saturated carbocycles. The lowest BCUT2D eigenvalue weighted by Gasteiger charge is -2.34. The Morgan fingerprint density at radius 2 is 2.09 bits per heavy atom. The minimum atomic E-state index is -2.86. The fourth-order valence-electron chi connectivity index (χ4n) is 3.30. The first-order valence-corrected chi connectivity index (χ1v) is 10.4. The molecular formula is C15H30N4O2S. The second-order valence-corrected chi connectivity index (χ2v) is 8.47. The van der Waals surface area contributed by atoms with Crippen molar-refractivity contribution in [1.29, 1.82) is 0 Å². The number of piperidine rings is 1. The van der Waals surface area contributed by atoms with Gasteiger partial charge in [-0.3, -0.25) is 9.89 Å². The van der Waals surface area contributed by atoms with Crippen molar-refractivity contribution in [1.82, 2.24) is 15.5 Å². The molecule has 2 aliphatic rings. The Morgan fingerprint density at radius 1 is 1.27 bits per heavy atom. The minimum Gasteiger partial charge on any atom is -0.357 e. The van der Waals surface area contributed by atoms with Crippen LogP contribution in [-0.4, -0.2) is 69.0 Å². The minimum absolute atomic E-state index is 0.00330. The first-order chi connectivity index (χ1) is 10.5. The fourth-order valence-corrected chi connectivity index (χ4v) is 4.98. The van der Waals surface area contributed by atoms with Gasteiger partial charge in [-0.1, -0.05) is 13.3 Å². The maximum Gasteiger partial charge on any atom is 0.191 e. The van der Waals surface area contributed by atoms with Gasteiger partial charge in [-0.25, -0.2) is 8.42 Å². The molecule has 2 fully saturated rings. The molecule has 2 N–H and O–H groups in total. The van der Waals surface area contributed by atoms with Crippen LogP contribution in [0.5, 0.6) is 0 Å². The summed E-state index contributed by atoms with van der Waals surface area (Å²) >= 11 is 0. The average molecular weight is 330 g/mol. The van der Waals surface area contributed by atoms with Crippen molar-refractivity contribution in [2.45, 2.75) is 51.6 Å². The van der Waals surface area contributed by atoms with Crippen LogP contribution >= 0.6 is 0 Å². The molecule has 2 atom stereocenters. The Hall–Kier alpha value is -0.820. The maximum absolute atomic E-state index is 11.6. The molecule has 2 rings (SSSR count). The van der Waals surface area contributed by atoms with Gasteiger partial charge in [0.2, 0.25) is 0 Å². The summed E-state index contributed by atoms with van der Waals surface area (Å²) in [5.41, 5.74) is 0. The molecule has 0 amide bonds. The Balaban J connectivity index is 1.91. The molecule has 0 aromatic heterocycles. The SMILES string of the molecule is CCNC(=NCC1CCCCN1CC)NC1CCS(=O)(=O)C1. The van der Waals surface area contributed by atoms with Gasteiger partial charge in [0.05, 0.1) is 18.1 Å². The Kier molecular flexibility index (Phi) is 6.50. The van der Waals surface area contributed by atoms with Gasteiger partial charge in [-0.2, -0.15) is 0 Å². The van der Waals surface area contributed by atoms with Crippen molar-refractivity contribution in [2.75, 3.05) is 37.7 Å². The number of nitrogens with zero attached hydrogens (tertiary/aromatic N) is 2. The summed E-state index contributed by atoms with van der Waals surface area (Å²) in [7, 11) is -2.86. The third kappa shape index (κ3) is 5.12. The molecule has 0 bridgehead atoms. The summed E-state index contributed by atoms with van der Waals surface area (Å²) < 4.78 is 23.1. The Morgan fingerprint density at radius 3 is 2.73 bits per heavy atom. The molecule has 22 heavy (non-hydrogen) atoms. The second kappa shape index (κ2) is 8.15. The van der Waals surface area contributed by atoms with Crippen LogP contribution in [0, 0.1) is 0 Å². The van der Waals surface area contributed by atoms with Gasteiger partial charge in [0.1, 0.15) is 0 Å². The van der Waals surface area contributed by atoms with E-state index in [0.29, 0.717) is 12.5 Å². The van der Waals surface area contributed by atoms with Crippen molar-refractivity contribution in [2.24, 2.45) is 4.99 Å². The monoisotopic (exact) mass is 330 g/mol. The standard InChI is InChI=1S/C15H30N4O2S/c1-3-16-15(18-13-8-10-22(20,21)12-13)17-11-14-7-5-6-9-19(14)4-2/h13-14H,3-12H2,1-2H3,(H2,16,17,18). The largest absolute Gasteiger partial charge is 0.357 e. The zero-order chi connectivity index (χ0) is 16.0. The highest BCUT2D eigenvalue weighted by Gasteiger charge is 2.28. The average Bonchev–Trinajstić information content (AvgIpc) is 2.84. The predicted molar refractivity (Wildman–Crippen MR) is 91.1 cm³/mol. The molecule has 6 nitrogen and oxygen atoms in total. The smallest absolute Gasteiger partial charge is 0.191 e. The summed E-state index contributed by atoms with van der Waals surface area (Å²) in [5, 5.41) is 6.52. The Bertz CT molecular complexity index is 478. The number of rotatable bonds is 5. The number of hydrogen-bond acceptors (Lipinski definition) is 4. The van der Waals surface area contributed by atoms with E-state index < -0.39 is 9.84 Å². The van der Waals surface area contributed by atoms with E-state index >= 15 is 0 Å². The molecule has 128 valence electrons. The molecule has 2 aliphatic heterocycles. The lowest BCUT2D eigenvalue weighted by atomic mass is 10.0. The van der Waals surface area contributed by atoms with Crippen LogP contribution in [0.3, 0.4) is 0 Å². The molecule has 2 saturated heterocycles. The Labute approximate surface area is 134 Å². The van der Waals surface area contributed by atoms with Crippen LogP contribution in [0.4, 0.5) is 0 Å². The topological polar surface area (TPSA) is 73.8 Å². The van der Waals surface area contributed by atoms with Gasteiger partial charge in [0.25, 0.3) is 0 Å². The van der Waals surface area contributed by atoms with E-state index in [1.807, 2.05) is 6.92 Å². The normalized spacial score (nSPS) is 29.5. The van der Waals surface area contributed by atoms with Crippen LogP contribution in [0.15, 0.2) is 4.99 Å². The lowest BCUT2D eigenvalue weighted by molar-refractivity contribution is 0.161. The van der Waals surface area contributed by atoms with Gasteiger partial charge in [-0.15, -0.1) is 0 Å². The molecule has 0 radical (unpaired) electrons. The predicted octanol–water partition coefficient (Wildman–Crippen LogP) is 0.603. The summed E-state index contributed by atoms with van der Waals surface area (Å²) in [6.45, 7) is 8.04. The zero-order valence-electron chi connectivity index (χ0n) is 13.8. The third-order valence-electron chi connectivity index (χ3n) is 4.53. The van der Waals surface area contributed by atoms with Crippen LogP contribution in [0.2, 0.25) is 0 Å². The molecule has 0 aromatic rings. The van der Waals surface area contributed by atoms with E-state index in [1.165, 1.54) is 25.8 Å². The van der Waals surface area contributed by atoms with Gasteiger partial charge in [0.15, 0.2) is 15.8 Å². The quantitative estimate of drug-likeness (QED) is 0.570. The van der Waals surface area contributed by atoms with Crippen LogP contribution < -0.4 is 10.6 Å². The summed E-state index contributed by atoms with van der Waals surface area (Å²) in [4.78, 5) is 7.20. The molecule has 0 spiro atoms. The number of hydrogen-bond donors (Lipinski definition) is 2.